The largest absolute Gasteiger partial charge is 0.494 e. The van der Waals surface area contributed by atoms with Crippen LogP contribution in [-0.4, -0.2) is 37.7 Å². The topological polar surface area (TPSA) is 61.9 Å². The minimum atomic E-state index is -0.210. The van der Waals surface area contributed by atoms with Gasteiger partial charge in [-0.25, -0.2) is 4.79 Å². The van der Waals surface area contributed by atoms with Gasteiger partial charge in [-0.3, -0.25) is 9.69 Å². The van der Waals surface area contributed by atoms with Crippen molar-refractivity contribution in [2.45, 2.75) is 33.2 Å². The second-order valence-corrected chi connectivity index (χ2v) is 6.86. The molecule has 1 aliphatic heterocycles. The summed E-state index contributed by atoms with van der Waals surface area (Å²) in [6, 6.07) is 14.9. The van der Waals surface area contributed by atoms with Crippen LogP contribution >= 0.6 is 0 Å². The van der Waals surface area contributed by atoms with Crippen molar-refractivity contribution in [1.82, 2.24) is 5.32 Å². The Balaban J connectivity index is 1.64. The number of anilines is 2. The van der Waals surface area contributed by atoms with E-state index in [9.17, 15) is 9.59 Å². The van der Waals surface area contributed by atoms with E-state index in [1.165, 1.54) is 0 Å². The first-order chi connectivity index (χ1) is 13.5. The van der Waals surface area contributed by atoms with Crippen molar-refractivity contribution in [3.8, 4) is 5.75 Å². The number of urea groups is 1. The van der Waals surface area contributed by atoms with Crippen LogP contribution in [0, 0.1) is 6.92 Å². The number of carbonyl (C=O) groups excluding carboxylic acids is 2. The average molecular weight is 381 g/mol. The predicted octanol–water partition coefficient (Wildman–Crippen LogP) is 3.74. The van der Waals surface area contributed by atoms with Gasteiger partial charge in [0.25, 0.3) is 0 Å². The van der Waals surface area contributed by atoms with Gasteiger partial charge in [0.15, 0.2) is 0 Å². The molecule has 1 atom stereocenters. The first-order valence-electron chi connectivity index (χ1n) is 9.69. The summed E-state index contributed by atoms with van der Waals surface area (Å²) in [6.07, 6.45) is 0.306. The van der Waals surface area contributed by atoms with E-state index in [-0.39, 0.29) is 18.0 Å². The normalized spacial score (nSPS) is 16.2. The highest BCUT2D eigenvalue weighted by Crippen LogP contribution is 2.23. The highest BCUT2D eigenvalue weighted by molar-refractivity contribution is 5.98. The van der Waals surface area contributed by atoms with Crippen LogP contribution in [0.4, 0.5) is 16.2 Å². The minimum Gasteiger partial charge on any atom is -0.494 e. The summed E-state index contributed by atoms with van der Waals surface area (Å²) >= 11 is 0. The highest BCUT2D eigenvalue weighted by Gasteiger charge is 2.32. The quantitative estimate of drug-likeness (QED) is 0.829. The maximum absolute atomic E-state index is 12.8. The molecule has 3 amide bonds. The molecule has 0 bridgehead atoms. The van der Waals surface area contributed by atoms with E-state index in [0.717, 1.165) is 22.7 Å². The summed E-state index contributed by atoms with van der Waals surface area (Å²) in [7, 11) is 0. The maximum atomic E-state index is 12.8. The van der Waals surface area contributed by atoms with Crippen molar-refractivity contribution in [3.05, 3.63) is 54.1 Å². The van der Waals surface area contributed by atoms with Crippen LogP contribution in [0.5, 0.6) is 5.75 Å². The number of hydrogen-bond acceptors (Lipinski definition) is 3. The number of aryl methyl sites for hydroxylation is 1. The van der Waals surface area contributed by atoms with Gasteiger partial charge in [0, 0.05) is 30.9 Å². The summed E-state index contributed by atoms with van der Waals surface area (Å²) < 4.78 is 5.45. The van der Waals surface area contributed by atoms with Crippen LogP contribution in [0.2, 0.25) is 0 Å². The summed E-state index contributed by atoms with van der Waals surface area (Å²) in [5.41, 5.74) is 2.81. The van der Waals surface area contributed by atoms with Crippen molar-refractivity contribution < 1.29 is 14.3 Å². The molecule has 148 valence electrons. The molecule has 0 radical (unpaired) electrons. The van der Waals surface area contributed by atoms with E-state index in [4.69, 9.17) is 4.74 Å². The number of rotatable bonds is 6. The Bertz CT molecular complexity index is 818. The molecular formula is C22H27N3O3. The fourth-order valence-electron chi connectivity index (χ4n) is 3.36. The molecule has 1 unspecified atom stereocenters. The zero-order valence-electron chi connectivity index (χ0n) is 16.6. The van der Waals surface area contributed by atoms with Gasteiger partial charge in [0.1, 0.15) is 5.75 Å². The number of nitrogens with one attached hydrogen (secondary N) is 1. The van der Waals surface area contributed by atoms with Crippen LogP contribution in [0.3, 0.4) is 0 Å². The van der Waals surface area contributed by atoms with Gasteiger partial charge in [-0.05, 0) is 57.2 Å². The highest BCUT2D eigenvalue weighted by atomic mass is 16.5. The Kier molecular flexibility index (Phi) is 6.19. The van der Waals surface area contributed by atoms with Crippen molar-refractivity contribution in [1.29, 1.82) is 0 Å². The molecule has 0 aliphatic carbocycles. The molecule has 3 rings (SSSR count). The van der Waals surface area contributed by atoms with Crippen molar-refractivity contribution >= 4 is 23.3 Å². The number of carbonyl (C=O) groups is 2. The number of hydrogen-bond donors (Lipinski definition) is 1. The molecule has 28 heavy (non-hydrogen) atoms. The predicted molar refractivity (Wildman–Crippen MR) is 111 cm³/mol. The van der Waals surface area contributed by atoms with E-state index in [0.29, 0.717) is 26.1 Å². The van der Waals surface area contributed by atoms with Crippen LogP contribution < -0.4 is 19.9 Å². The first-order valence-corrected chi connectivity index (χ1v) is 9.69. The Labute approximate surface area is 166 Å². The van der Waals surface area contributed by atoms with Crippen molar-refractivity contribution in [3.63, 3.8) is 0 Å². The minimum absolute atomic E-state index is 0.0262. The third-order valence-electron chi connectivity index (χ3n) is 4.82. The second-order valence-electron chi connectivity index (χ2n) is 6.86. The third-order valence-corrected chi connectivity index (χ3v) is 4.82. The third kappa shape index (κ3) is 4.44. The molecule has 1 N–H and O–H groups in total. The lowest BCUT2D eigenvalue weighted by Gasteiger charge is -2.24. The number of amides is 3. The maximum Gasteiger partial charge on any atom is 0.322 e. The average Bonchev–Trinajstić information content (AvgIpc) is 3.04. The lowest BCUT2D eigenvalue weighted by Crippen LogP contribution is -2.46. The van der Waals surface area contributed by atoms with Crippen LogP contribution in [0.1, 0.15) is 25.8 Å². The number of ether oxygens (including phenoxy) is 1. The number of nitrogens with zero attached hydrogens (tertiary/aromatic N) is 2. The Hall–Kier alpha value is -3.02. The van der Waals surface area contributed by atoms with Gasteiger partial charge in [-0.2, -0.15) is 0 Å². The Morgan fingerprint density at radius 2 is 1.82 bits per heavy atom. The zero-order valence-corrected chi connectivity index (χ0v) is 16.6. The van der Waals surface area contributed by atoms with E-state index < -0.39 is 0 Å². The molecule has 0 saturated carbocycles. The van der Waals surface area contributed by atoms with Crippen molar-refractivity contribution in [2.24, 2.45) is 0 Å². The number of benzene rings is 2. The SMILES string of the molecule is CCOc1ccc(N(CC)C(=O)NC2CC(=O)N(c3ccc(C)cc3)C2)cc1. The lowest BCUT2D eigenvalue weighted by molar-refractivity contribution is -0.117. The summed E-state index contributed by atoms with van der Waals surface area (Å²) in [5.74, 6) is 0.802. The second kappa shape index (κ2) is 8.78. The standard InChI is InChI=1S/C22H27N3O3/c1-4-24(18-10-12-20(13-11-18)28-5-2)22(27)23-17-14-21(26)25(15-17)19-8-6-16(3)7-9-19/h6-13,17H,4-5,14-15H2,1-3H3,(H,23,27). The van der Waals surface area contributed by atoms with Crippen LogP contribution in [0.25, 0.3) is 0 Å². The molecular weight excluding hydrogens is 354 g/mol. The molecule has 6 heteroatoms. The molecule has 1 heterocycles. The monoisotopic (exact) mass is 381 g/mol. The molecule has 0 spiro atoms. The molecule has 1 aliphatic rings. The van der Waals surface area contributed by atoms with Gasteiger partial charge >= 0.3 is 6.03 Å². The van der Waals surface area contributed by atoms with Gasteiger partial charge < -0.3 is 15.0 Å². The van der Waals surface area contributed by atoms with E-state index in [2.05, 4.69) is 5.32 Å². The van der Waals surface area contributed by atoms with Gasteiger partial charge in [-0.15, -0.1) is 0 Å². The zero-order chi connectivity index (χ0) is 20.1. The fraction of sp³-hybridized carbons (Fsp3) is 0.364. The Morgan fingerprint density at radius 3 is 2.43 bits per heavy atom. The van der Waals surface area contributed by atoms with Crippen LogP contribution in [0.15, 0.2) is 48.5 Å². The van der Waals surface area contributed by atoms with E-state index >= 15 is 0 Å². The summed E-state index contributed by atoms with van der Waals surface area (Å²) in [6.45, 7) is 7.48. The van der Waals surface area contributed by atoms with Gasteiger partial charge in [0.05, 0.1) is 12.6 Å². The van der Waals surface area contributed by atoms with Crippen LogP contribution in [-0.2, 0) is 4.79 Å². The molecule has 1 fully saturated rings. The van der Waals surface area contributed by atoms with E-state index in [1.807, 2.05) is 69.3 Å². The van der Waals surface area contributed by atoms with Crippen molar-refractivity contribution in [2.75, 3.05) is 29.5 Å². The smallest absolute Gasteiger partial charge is 0.322 e. The summed E-state index contributed by atoms with van der Waals surface area (Å²) in [4.78, 5) is 28.6. The molecule has 1 saturated heterocycles. The molecule has 2 aromatic carbocycles. The van der Waals surface area contributed by atoms with Gasteiger partial charge in [0.2, 0.25) is 5.91 Å². The summed E-state index contributed by atoms with van der Waals surface area (Å²) in [5, 5.41) is 3.00. The lowest BCUT2D eigenvalue weighted by atomic mass is 10.2. The first kappa shape index (κ1) is 19.7. The van der Waals surface area contributed by atoms with Gasteiger partial charge in [-0.1, -0.05) is 17.7 Å². The molecule has 6 nitrogen and oxygen atoms in total. The fourth-order valence-corrected chi connectivity index (χ4v) is 3.36. The molecule has 0 aromatic heterocycles. The molecule has 2 aromatic rings. The Morgan fingerprint density at radius 1 is 1.14 bits per heavy atom. The van der Waals surface area contributed by atoms with E-state index in [1.54, 1.807) is 9.80 Å².